The van der Waals surface area contributed by atoms with Crippen LogP contribution < -0.4 is 10.1 Å². The van der Waals surface area contributed by atoms with E-state index in [0.717, 1.165) is 17.7 Å². The zero-order chi connectivity index (χ0) is 16.5. The lowest BCUT2D eigenvalue weighted by Gasteiger charge is -2.46. The minimum atomic E-state index is -2.81. The van der Waals surface area contributed by atoms with Crippen LogP contribution in [-0.2, 0) is 11.3 Å². The Morgan fingerprint density at radius 1 is 1.33 bits per heavy atom. The van der Waals surface area contributed by atoms with E-state index in [0.29, 0.717) is 26.1 Å². The molecule has 3 rings (SSSR count). The van der Waals surface area contributed by atoms with E-state index in [9.17, 15) is 13.6 Å². The molecule has 0 aromatic heterocycles. The molecule has 4 nitrogen and oxygen atoms in total. The van der Waals surface area contributed by atoms with Crippen LogP contribution >= 0.6 is 12.4 Å². The van der Waals surface area contributed by atoms with Gasteiger partial charge in [0.2, 0.25) is 5.91 Å². The molecule has 1 N–H and O–H groups in total. The predicted molar refractivity (Wildman–Crippen MR) is 89.8 cm³/mol. The molecule has 1 spiro atoms. The highest BCUT2D eigenvalue weighted by atomic mass is 35.5. The molecule has 2 saturated heterocycles. The Morgan fingerprint density at radius 2 is 2.12 bits per heavy atom. The van der Waals surface area contributed by atoms with E-state index in [1.54, 1.807) is 12.0 Å². The quantitative estimate of drug-likeness (QED) is 0.901. The summed E-state index contributed by atoms with van der Waals surface area (Å²) in [5.41, 5.74) is -0.0101. The number of piperidine rings is 2. The van der Waals surface area contributed by atoms with Gasteiger partial charge in [-0.2, -0.15) is 0 Å². The molecule has 0 aliphatic carbocycles. The first-order chi connectivity index (χ1) is 10.9. The van der Waals surface area contributed by atoms with Crippen LogP contribution in [-0.4, -0.2) is 43.5 Å². The van der Waals surface area contributed by atoms with E-state index in [1.165, 1.54) is 0 Å². The van der Waals surface area contributed by atoms with Crippen molar-refractivity contribution >= 4 is 18.3 Å². The van der Waals surface area contributed by atoms with Crippen molar-refractivity contribution in [3.63, 3.8) is 0 Å². The lowest BCUT2D eigenvalue weighted by molar-refractivity contribution is -0.159. The van der Waals surface area contributed by atoms with Crippen molar-refractivity contribution in [1.82, 2.24) is 10.2 Å². The van der Waals surface area contributed by atoms with Gasteiger partial charge in [-0.3, -0.25) is 4.79 Å². The first kappa shape index (κ1) is 18.9. The Balaban J connectivity index is 0.00000208. The van der Waals surface area contributed by atoms with Crippen LogP contribution in [0.5, 0.6) is 5.75 Å². The Kier molecular flexibility index (Phi) is 5.71. The summed E-state index contributed by atoms with van der Waals surface area (Å²) in [7, 11) is 1.59. The van der Waals surface area contributed by atoms with Crippen molar-refractivity contribution < 1.29 is 18.3 Å². The molecule has 24 heavy (non-hydrogen) atoms. The average molecular weight is 361 g/mol. The Labute approximate surface area is 147 Å². The molecule has 1 amide bonds. The second kappa shape index (κ2) is 7.23. The number of carbonyl (C=O) groups is 1. The lowest BCUT2D eigenvalue weighted by atomic mass is 9.72. The third-order valence-corrected chi connectivity index (χ3v) is 4.78. The van der Waals surface area contributed by atoms with Gasteiger partial charge in [0.05, 0.1) is 19.1 Å². The van der Waals surface area contributed by atoms with Gasteiger partial charge < -0.3 is 15.0 Å². The third-order valence-electron chi connectivity index (χ3n) is 4.78. The molecule has 1 atom stereocenters. The van der Waals surface area contributed by atoms with Crippen LogP contribution in [0.3, 0.4) is 0 Å². The predicted octanol–water partition coefficient (Wildman–Crippen LogP) is 2.85. The molecule has 0 radical (unpaired) electrons. The molecular formula is C17H23ClF2N2O2. The highest BCUT2D eigenvalue weighted by Gasteiger charge is 2.52. The molecule has 134 valence electrons. The lowest BCUT2D eigenvalue weighted by Crippen LogP contribution is -2.59. The Morgan fingerprint density at radius 3 is 2.83 bits per heavy atom. The number of rotatable bonds is 3. The van der Waals surface area contributed by atoms with Gasteiger partial charge in [-0.05, 0) is 30.5 Å². The van der Waals surface area contributed by atoms with E-state index in [2.05, 4.69) is 5.32 Å². The SMILES string of the molecule is COc1cccc(CN2CCCC3(CNCC(F)(F)C3)C2=O)c1.Cl. The molecule has 0 bridgehead atoms. The number of amides is 1. The van der Waals surface area contributed by atoms with Gasteiger partial charge in [0.15, 0.2) is 0 Å². The summed E-state index contributed by atoms with van der Waals surface area (Å²) in [4.78, 5) is 14.6. The first-order valence-corrected chi connectivity index (χ1v) is 7.95. The highest BCUT2D eigenvalue weighted by molar-refractivity contribution is 5.85. The second-order valence-corrected chi connectivity index (χ2v) is 6.60. The number of halogens is 3. The molecule has 2 aliphatic rings. The van der Waals surface area contributed by atoms with Crippen LogP contribution in [0.4, 0.5) is 8.78 Å². The maximum absolute atomic E-state index is 13.8. The monoisotopic (exact) mass is 360 g/mol. The molecule has 2 fully saturated rings. The van der Waals surface area contributed by atoms with E-state index >= 15 is 0 Å². The van der Waals surface area contributed by atoms with E-state index in [-0.39, 0.29) is 31.3 Å². The van der Waals surface area contributed by atoms with Gasteiger partial charge in [-0.25, -0.2) is 8.78 Å². The van der Waals surface area contributed by atoms with Crippen LogP contribution in [0.15, 0.2) is 24.3 Å². The maximum atomic E-state index is 13.8. The molecule has 2 heterocycles. The number of hydrogen-bond donors (Lipinski definition) is 1. The van der Waals surface area contributed by atoms with Crippen LogP contribution in [0, 0.1) is 5.41 Å². The fraction of sp³-hybridized carbons (Fsp3) is 0.588. The average Bonchev–Trinajstić information content (AvgIpc) is 2.51. The van der Waals surface area contributed by atoms with Crippen LogP contribution in [0.2, 0.25) is 0 Å². The molecule has 7 heteroatoms. The van der Waals surface area contributed by atoms with Gasteiger partial charge in [0.25, 0.3) is 5.92 Å². The maximum Gasteiger partial charge on any atom is 0.261 e. The smallest absolute Gasteiger partial charge is 0.261 e. The number of benzene rings is 1. The molecule has 1 aromatic carbocycles. The zero-order valence-corrected chi connectivity index (χ0v) is 14.5. The Bertz CT molecular complexity index is 596. The van der Waals surface area contributed by atoms with Crippen molar-refractivity contribution in [3.05, 3.63) is 29.8 Å². The second-order valence-electron chi connectivity index (χ2n) is 6.60. The number of carbonyl (C=O) groups excluding carboxylic acids is 1. The number of ether oxygens (including phenoxy) is 1. The topological polar surface area (TPSA) is 41.6 Å². The van der Waals surface area contributed by atoms with Crippen molar-refractivity contribution in [3.8, 4) is 5.75 Å². The largest absolute Gasteiger partial charge is 0.497 e. The van der Waals surface area contributed by atoms with E-state index in [1.807, 2.05) is 24.3 Å². The third kappa shape index (κ3) is 3.81. The van der Waals surface area contributed by atoms with Gasteiger partial charge >= 0.3 is 0 Å². The number of nitrogens with zero attached hydrogens (tertiary/aromatic N) is 1. The number of methoxy groups -OCH3 is 1. The molecule has 1 aromatic rings. The summed E-state index contributed by atoms with van der Waals surface area (Å²) in [6, 6.07) is 7.51. The summed E-state index contributed by atoms with van der Waals surface area (Å²) < 4.78 is 32.8. The van der Waals surface area contributed by atoms with Gasteiger partial charge in [-0.15, -0.1) is 12.4 Å². The molecular weight excluding hydrogens is 338 g/mol. The van der Waals surface area contributed by atoms with Crippen molar-refractivity contribution in [2.75, 3.05) is 26.7 Å². The molecule has 0 saturated carbocycles. The number of alkyl halides is 2. The van der Waals surface area contributed by atoms with Gasteiger partial charge in [-0.1, -0.05) is 12.1 Å². The summed E-state index contributed by atoms with van der Waals surface area (Å²) in [5.74, 6) is -2.24. The summed E-state index contributed by atoms with van der Waals surface area (Å²) in [6.07, 6.45) is 0.941. The standard InChI is InChI=1S/C17H22F2N2O2.ClH/c1-23-14-5-2-4-13(8-14)9-21-7-3-6-16(15(21)22)10-17(18,19)12-20-11-16;/h2,4-5,8,20H,3,6-7,9-12H2,1H3;1H. The number of likely N-dealkylation sites (tertiary alicyclic amines) is 1. The van der Waals surface area contributed by atoms with Crippen molar-refractivity contribution in [2.24, 2.45) is 5.41 Å². The fourth-order valence-corrected chi connectivity index (χ4v) is 3.73. The zero-order valence-electron chi connectivity index (χ0n) is 13.7. The van der Waals surface area contributed by atoms with Gasteiger partial charge in [0.1, 0.15) is 5.75 Å². The molecule has 2 aliphatic heterocycles. The minimum Gasteiger partial charge on any atom is -0.497 e. The Hall–Kier alpha value is -1.40. The fourth-order valence-electron chi connectivity index (χ4n) is 3.73. The van der Waals surface area contributed by atoms with Gasteiger partial charge in [0, 0.05) is 26.1 Å². The van der Waals surface area contributed by atoms with Crippen LogP contribution in [0.25, 0.3) is 0 Å². The van der Waals surface area contributed by atoms with Crippen LogP contribution in [0.1, 0.15) is 24.8 Å². The summed E-state index contributed by atoms with van der Waals surface area (Å²) in [6.45, 7) is 1.06. The molecule has 1 unspecified atom stereocenters. The normalized spacial score (nSPS) is 26.1. The number of hydrogen-bond acceptors (Lipinski definition) is 3. The first-order valence-electron chi connectivity index (χ1n) is 7.95. The number of nitrogens with one attached hydrogen (secondary N) is 1. The van der Waals surface area contributed by atoms with E-state index in [4.69, 9.17) is 4.74 Å². The van der Waals surface area contributed by atoms with Crippen molar-refractivity contribution in [2.45, 2.75) is 31.7 Å². The highest BCUT2D eigenvalue weighted by Crippen LogP contribution is 2.42. The summed E-state index contributed by atoms with van der Waals surface area (Å²) in [5, 5.41) is 2.75. The van der Waals surface area contributed by atoms with E-state index < -0.39 is 11.3 Å². The minimum absolute atomic E-state index is 0. The van der Waals surface area contributed by atoms with Crippen molar-refractivity contribution in [1.29, 1.82) is 0 Å². The summed E-state index contributed by atoms with van der Waals surface area (Å²) >= 11 is 0.